The summed E-state index contributed by atoms with van der Waals surface area (Å²) in [5.41, 5.74) is 8.88. The molecular formula is C15H15N3O. The molecule has 0 saturated heterocycles. The number of phenols is 1. The van der Waals surface area contributed by atoms with Gasteiger partial charge in [-0.3, -0.25) is 0 Å². The minimum absolute atomic E-state index is 0.279. The van der Waals surface area contributed by atoms with Gasteiger partial charge in [0.15, 0.2) is 0 Å². The maximum Gasteiger partial charge on any atom is 0.117 e. The summed E-state index contributed by atoms with van der Waals surface area (Å²) in [5, 5.41) is 9.49. The van der Waals surface area contributed by atoms with Gasteiger partial charge in [-0.2, -0.15) is 0 Å². The number of imidazole rings is 1. The predicted octanol–water partition coefficient (Wildman–Crippen LogP) is 2.09. The molecule has 1 aromatic carbocycles. The third-order valence-electron chi connectivity index (χ3n) is 3.23. The van der Waals surface area contributed by atoms with Crippen LogP contribution >= 0.6 is 0 Å². The summed E-state index contributed by atoms with van der Waals surface area (Å²) < 4.78 is 2.05. The summed E-state index contributed by atoms with van der Waals surface area (Å²) >= 11 is 0. The van der Waals surface area contributed by atoms with Crippen molar-refractivity contribution in [2.45, 2.75) is 13.0 Å². The number of aromatic hydroxyl groups is 1. The van der Waals surface area contributed by atoms with Gasteiger partial charge in [0.1, 0.15) is 11.6 Å². The minimum Gasteiger partial charge on any atom is -0.508 e. The van der Waals surface area contributed by atoms with Crippen LogP contribution in [-0.4, -0.2) is 14.5 Å². The zero-order valence-corrected chi connectivity index (χ0v) is 10.5. The Bertz CT molecular complexity index is 718. The van der Waals surface area contributed by atoms with Gasteiger partial charge in [-0.25, -0.2) is 4.98 Å². The third kappa shape index (κ3) is 2.18. The predicted molar refractivity (Wildman–Crippen MR) is 74.0 cm³/mol. The first-order valence-electron chi connectivity index (χ1n) is 6.20. The molecule has 0 saturated carbocycles. The molecule has 0 aliphatic rings. The van der Waals surface area contributed by atoms with E-state index in [0.29, 0.717) is 13.0 Å². The number of fused-ring (bicyclic) bond motifs is 1. The van der Waals surface area contributed by atoms with Crippen LogP contribution < -0.4 is 5.73 Å². The van der Waals surface area contributed by atoms with Gasteiger partial charge >= 0.3 is 0 Å². The number of benzene rings is 1. The van der Waals surface area contributed by atoms with Crippen LogP contribution in [0.15, 0.2) is 48.8 Å². The van der Waals surface area contributed by atoms with E-state index >= 15 is 0 Å². The first-order chi connectivity index (χ1) is 9.28. The molecule has 0 atom stereocenters. The van der Waals surface area contributed by atoms with Crippen molar-refractivity contribution in [3.8, 4) is 5.75 Å². The van der Waals surface area contributed by atoms with Gasteiger partial charge in [-0.1, -0.05) is 18.2 Å². The topological polar surface area (TPSA) is 63.5 Å². The second kappa shape index (κ2) is 4.74. The summed E-state index contributed by atoms with van der Waals surface area (Å²) in [6, 6.07) is 11.2. The van der Waals surface area contributed by atoms with Crippen LogP contribution in [0.1, 0.15) is 17.0 Å². The van der Waals surface area contributed by atoms with Gasteiger partial charge in [0.05, 0.1) is 11.7 Å². The fraction of sp³-hybridized carbons (Fsp3) is 0.133. The summed E-state index contributed by atoms with van der Waals surface area (Å²) in [5.74, 6) is 1.22. The number of pyridine rings is 1. The molecule has 0 fully saturated rings. The van der Waals surface area contributed by atoms with Crippen LogP contribution in [0.5, 0.6) is 5.75 Å². The Morgan fingerprint density at radius 1 is 1.21 bits per heavy atom. The SMILES string of the molecule is NCc1cccn2c(Cc3cccc(O)c3)ncc12. The van der Waals surface area contributed by atoms with E-state index in [0.717, 1.165) is 22.5 Å². The van der Waals surface area contributed by atoms with E-state index in [1.54, 1.807) is 12.1 Å². The average Bonchev–Trinajstić information content (AvgIpc) is 2.82. The van der Waals surface area contributed by atoms with Crippen molar-refractivity contribution < 1.29 is 5.11 Å². The van der Waals surface area contributed by atoms with E-state index in [9.17, 15) is 5.11 Å². The number of rotatable bonds is 3. The molecule has 3 rings (SSSR count). The number of hydrogen-bond acceptors (Lipinski definition) is 3. The van der Waals surface area contributed by atoms with E-state index < -0.39 is 0 Å². The van der Waals surface area contributed by atoms with Crippen LogP contribution in [0.3, 0.4) is 0 Å². The van der Waals surface area contributed by atoms with Crippen molar-refractivity contribution in [3.63, 3.8) is 0 Å². The third-order valence-corrected chi connectivity index (χ3v) is 3.23. The highest BCUT2D eigenvalue weighted by molar-refractivity contribution is 5.54. The molecule has 2 heterocycles. The van der Waals surface area contributed by atoms with Gasteiger partial charge in [-0.15, -0.1) is 0 Å². The maximum absolute atomic E-state index is 9.49. The molecule has 0 aliphatic carbocycles. The zero-order chi connectivity index (χ0) is 13.2. The Hall–Kier alpha value is -2.33. The lowest BCUT2D eigenvalue weighted by molar-refractivity contribution is 0.474. The molecule has 96 valence electrons. The first kappa shape index (κ1) is 11.7. The monoisotopic (exact) mass is 253 g/mol. The summed E-state index contributed by atoms with van der Waals surface area (Å²) in [4.78, 5) is 4.45. The number of hydrogen-bond donors (Lipinski definition) is 2. The lowest BCUT2D eigenvalue weighted by Gasteiger charge is -2.04. The molecule has 0 amide bonds. The minimum atomic E-state index is 0.279. The van der Waals surface area contributed by atoms with E-state index in [2.05, 4.69) is 4.98 Å². The maximum atomic E-state index is 9.49. The van der Waals surface area contributed by atoms with Gasteiger partial charge in [-0.05, 0) is 29.3 Å². The Morgan fingerprint density at radius 2 is 2.11 bits per heavy atom. The number of nitrogens with zero attached hydrogens (tertiary/aromatic N) is 2. The van der Waals surface area contributed by atoms with Crippen molar-refractivity contribution in [2.24, 2.45) is 5.73 Å². The molecule has 0 bridgehead atoms. The largest absolute Gasteiger partial charge is 0.508 e. The van der Waals surface area contributed by atoms with Gasteiger partial charge < -0.3 is 15.2 Å². The normalized spacial score (nSPS) is 11.0. The Labute approximate surface area is 111 Å². The summed E-state index contributed by atoms with van der Waals surface area (Å²) in [6.45, 7) is 0.502. The standard InChI is InChI=1S/C15H15N3O/c16-9-12-4-2-6-18-14(12)10-17-15(18)8-11-3-1-5-13(19)7-11/h1-7,10,19H,8-9,16H2. The van der Waals surface area contributed by atoms with Crippen LogP contribution in [-0.2, 0) is 13.0 Å². The number of nitrogens with two attached hydrogens (primary N) is 1. The first-order valence-corrected chi connectivity index (χ1v) is 6.20. The smallest absolute Gasteiger partial charge is 0.117 e. The average molecular weight is 253 g/mol. The number of aromatic nitrogens is 2. The molecular weight excluding hydrogens is 238 g/mol. The van der Waals surface area contributed by atoms with Crippen LogP contribution in [0.2, 0.25) is 0 Å². The molecule has 0 unspecified atom stereocenters. The van der Waals surface area contributed by atoms with E-state index in [1.807, 2.05) is 41.1 Å². The Morgan fingerprint density at radius 3 is 2.89 bits per heavy atom. The molecule has 0 radical (unpaired) electrons. The Kier molecular flexibility index (Phi) is 2.93. The Balaban J connectivity index is 2.02. The lowest BCUT2D eigenvalue weighted by atomic mass is 10.1. The molecule has 0 spiro atoms. The van der Waals surface area contributed by atoms with Crippen molar-refractivity contribution in [1.29, 1.82) is 0 Å². The highest BCUT2D eigenvalue weighted by Crippen LogP contribution is 2.17. The number of phenolic OH excluding ortho intramolecular Hbond substituents is 1. The second-order valence-electron chi connectivity index (χ2n) is 4.51. The van der Waals surface area contributed by atoms with Gasteiger partial charge in [0, 0.05) is 19.2 Å². The van der Waals surface area contributed by atoms with Crippen LogP contribution in [0.25, 0.3) is 5.52 Å². The molecule has 3 N–H and O–H groups in total. The highest BCUT2D eigenvalue weighted by Gasteiger charge is 2.07. The molecule has 4 nitrogen and oxygen atoms in total. The van der Waals surface area contributed by atoms with Crippen molar-refractivity contribution in [2.75, 3.05) is 0 Å². The molecule has 3 aromatic rings. The highest BCUT2D eigenvalue weighted by atomic mass is 16.3. The molecule has 19 heavy (non-hydrogen) atoms. The lowest BCUT2D eigenvalue weighted by Crippen LogP contribution is -2.01. The van der Waals surface area contributed by atoms with E-state index in [4.69, 9.17) is 5.73 Å². The van der Waals surface area contributed by atoms with E-state index in [-0.39, 0.29) is 5.75 Å². The van der Waals surface area contributed by atoms with Crippen molar-refractivity contribution in [1.82, 2.24) is 9.38 Å². The second-order valence-corrected chi connectivity index (χ2v) is 4.51. The van der Waals surface area contributed by atoms with Crippen molar-refractivity contribution >= 4 is 5.52 Å². The van der Waals surface area contributed by atoms with Crippen LogP contribution in [0, 0.1) is 0 Å². The zero-order valence-electron chi connectivity index (χ0n) is 10.5. The molecule has 2 aromatic heterocycles. The summed E-state index contributed by atoms with van der Waals surface area (Å²) in [7, 11) is 0. The van der Waals surface area contributed by atoms with Crippen molar-refractivity contribution in [3.05, 3.63) is 65.7 Å². The molecule has 4 heteroatoms. The molecule has 0 aliphatic heterocycles. The fourth-order valence-electron chi connectivity index (χ4n) is 2.29. The fourth-order valence-corrected chi connectivity index (χ4v) is 2.29. The quantitative estimate of drug-likeness (QED) is 0.751. The van der Waals surface area contributed by atoms with Gasteiger partial charge in [0.2, 0.25) is 0 Å². The van der Waals surface area contributed by atoms with E-state index in [1.165, 1.54) is 0 Å². The van der Waals surface area contributed by atoms with Crippen LogP contribution in [0.4, 0.5) is 0 Å². The summed E-state index contributed by atoms with van der Waals surface area (Å²) in [6.07, 6.45) is 4.51. The van der Waals surface area contributed by atoms with Gasteiger partial charge in [0.25, 0.3) is 0 Å².